The molecule has 2 unspecified atom stereocenters. The van der Waals surface area contributed by atoms with Crippen molar-refractivity contribution in [3.63, 3.8) is 0 Å². The van der Waals surface area contributed by atoms with E-state index in [-0.39, 0.29) is 11.9 Å². The van der Waals surface area contributed by atoms with Gasteiger partial charge in [0.25, 0.3) is 5.91 Å². The SMILES string of the molecule is CCc1ccc(OC(CC)C(=O)NC(C)c2ccc(C)cc2)cc1. The standard InChI is InChI=1S/C21H27NO2/c1-5-17-9-13-19(14-10-17)24-20(6-2)21(23)22-16(4)18-11-7-15(3)8-12-18/h7-14,16,20H,5-6H2,1-4H3,(H,22,23). The molecule has 0 aliphatic rings. The molecule has 3 nitrogen and oxygen atoms in total. The average Bonchev–Trinajstić information content (AvgIpc) is 2.60. The summed E-state index contributed by atoms with van der Waals surface area (Å²) in [5.74, 6) is 0.655. The van der Waals surface area contributed by atoms with Gasteiger partial charge in [0, 0.05) is 0 Å². The predicted molar refractivity (Wildman–Crippen MR) is 98.3 cm³/mol. The van der Waals surface area contributed by atoms with Crippen LogP contribution in [0.4, 0.5) is 0 Å². The average molecular weight is 325 g/mol. The second-order valence-electron chi connectivity index (χ2n) is 6.15. The molecule has 2 rings (SSSR count). The number of carbonyl (C=O) groups excluding carboxylic acids is 1. The van der Waals surface area contributed by atoms with Crippen molar-refractivity contribution in [2.45, 2.75) is 52.7 Å². The Kier molecular flexibility index (Phi) is 6.42. The molecule has 2 aromatic rings. The zero-order valence-electron chi connectivity index (χ0n) is 15.0. The van der Waals surface area contributed by atoms with Crippen molar-refractivity contribution in [2.24, 2.45) is 0 Å². The van der Waals surface area contributed by atoms with E-state index in [1.165, 1.54) is 11.1 Å². The van der Waals surface area contributed by atoms with E-state index in [1.54, 1.807) is 0 Å². The predicted octanol–water partition coefficient (Wildman–Crippen LogP) is 4.59. The summed E-state index contributed by atoms with van der Waals surface area (Å²) in [5, 5.41) is 3.05. The molecule has 0 spiro atoms. The largest absolute Gasteiger partial charge is 0.481 e. The number of hydrogen-bond acceptors (Lipinski definition) is 2. The van der Waals surface area contributed by atoms with Crippen molar-refractivity contribution in [3.8, 4) is 5.75 Å². The van der Waals surface area contributed by atoms with Crippen molar-refractivity contribution < 1.29 is 9.53 Å². The number of benzene rings is 2. The van der Waals surface area contributed by atoms with E-state index in [1.807, 2.05) is 50.2 Å². The second-order valence-corrected chi connectivity index (χ2v) is 6.15. The molecule has 0 radical (unpaired) electrons. The Morgan fingerprint density at radius 3 is 2.21 bits per heavy atom. The van der Waals surface area contributed by atoms with Gasteiger partial charge in [0.2, 0.25) is 0 Å². The summed E-state index contributed by atoms with van der Waals surface area (Å²) < 4.78 is 5.87. The van der Waals surface area contributed by atoms with Crippen molar-refractivity contribution in [3.05, 3.63) is 65.2 Å². The lowest BCUT2D eigenvalue weighted by Crippen LogP contribution is -2.39. The topological polar surface area (TPSA) is 38.3 Å². The van der Waals surface area contributed by atoms with E-state index in [0.29, 0.717) is 6.42 Å². The second kappa shape index (κ2) is 8.53. The first-order valence-electron chi connectivity index (χ1n) is 8.66. The summed E-state index contributed by atoms with van der Waals surface area (Å²) >= 11 is 0. The highest BCUT2D eigenvalue weighted by atomic mass is 16.5. The smallest absolute Gasteiger partial charge is 0.261 e. The van der Waals surface area contributed by atoms with Gasteiger partial charge in [-0.25, -0.2) is 0 Å². The minimum atomic E-state index is -0.481. The van der Waals surface area contributed by atoms with E-state index in [2.05, 4.69) is 31.3 Å². The van der Waals surface area contributed by atoms with Gasteiger partial charge in [-0.1, -0.05) is 55.8 Å². The van der Waals surface area contributed by atoms with Gasteiger partial charge in [0.05, 0.1) is 6.04 Å². The molecule has 0 saturated heterocycles. The number of rotatable bonds is 7. The lowest BCUT2D eigenvalue weighted by Gasteiger charge is -2.21. The minimum Gasteiger partial charge on any atom is -0.481 e. The zero-order valence-corrected chi connectivity index (χ0v) is 15.0. The van der Waals surface area contributed by atoms with Crippen LogP contribution in [0.3, 0.4) is 0 Å². The van der Waals surface area contributed by atoms with E-state index in [0.717, 1.165) is 17.7 Å². The van der Waals surface area contributed by atoms with Crippen molar-refractivity contribution in [1.29, 1.82) is 0 Å². The highest BCUT2D eigenvalue weighted by molar-refractivity contribution is 5.81. The molecule has 3 heteroatoms. The maximum absolute atomic E-state index is 12.5. The van der Waals surface area contributed by atoms with Crippen LogP contribution in [0, 0.1) is 6.92 Å². The number of hydrogen-bond donors (Lipinski definition) is 1. The van der Waals surface area contributed by atoms with Crippen LogP contribution in [0.25, 0.3) is 0 Å². The molecule has 1 amide bonds. The molecule has 24 heavy (non-hydrogen) atoms. The van der Waals surface area contributed by atoms with Crippen LogP contribution in [0.15, 0.2) is 48.5 Å². The van der Waals surface area contributed by atoms with Crippen LogP contribution in [-0.2, 0) is 11.2 Å². The van der Waals surface area contributed by atoms with Crippen LogP contribution in [0.1, 0.15) is 49.9 Å². The number of aryl methyl sites for hydroxylation is 2. The summed E-state index contributed by atoms with van der Waals surface area (Å²) in [6.07, 6.45) is 1.14. The fourth-order valence-electron chi connectivity index (χ4n) is 2.54. The van der Waals surface area contributed by atoms with E-state index < -0.39 is 6.10 Å². The van der Waals surface area contributed by atoms with Gasteiger partial charge >= 0.3 is 0 Å². The Balaban J connectivity index is 1.98. The maximum atomic E-state index is 12.5. The third-order valence-corrected chi connectivity index (χ3v) is 4.21. The molecule has 128 valence electrons. The van der Waals surface area contributed by atoms with Crippen molar-refractivity contribution in [1.82, 2.24) is 5.32 Å². The van der Waals surface area contributed by atoms with Crippen LogP contribution in [0.2, 0.25) is 0 Å². The molecule has 0 saturated carbocycles. The highest BCUT2D eigenvalue weighted by Crippen LogP contribution is 2.17. The highest BCUT2D eigenvalue weighted by Gasteiger charge is 2.20. The van der Waals surface area contributed by atoms with Crippen LogP contribution in [0.5, 0.6) is 5.75 Å². The Bertz CT molecular complexity index is 647. The van der Waals surface area contributed by atoms with Gasteiger partial charge in [-0.3, -0.25) is 4.79 Å². The molecule has 1 N–H and O–H groups in total. The van der Waals surface area contributed by atoms with Gasteiger partial charge in [0.15, 0.2) is 6.10 Å². The number of carbonyl (C=O) groups is 1. The Labute approximate surface area is 145 Å². The molecule has 0 bridgehead atoms. The monoisotopic (exact) mass is 325 g/mol. The Morgan fingerprint density at radius 1 is 1.04 bits per heavy atom. The van der Waals surface area contributed by atoms with Crippen LogP contribution >= 0.6 is 0 Å². The lowest BCUT2D eigenvalue weighted by molar-refractivity contribution is -0.128. The maximum Gasteiger partial charge on any atom is 0.261 e. The Hall–Kier alpha value is -2.29. The van der Waals surface area contributed by atoms with Gasteiger partial charge in [0.1, 0.15) is 5.75 Å². The summed E-state index contributed by atoms with van der Waals surface area (Å²) in [7, 11) is 0. The Morgan fingerprint density at radius 2 is 1.67 bits per heavy atom. The van der Waals surface area contributed by atoms with E-state index in [9.17, 15) is 4.79 Å². The summed E-state index contributed by atoms with van der Waals surface area (Å²) in [6, 6.07) is 16.1. The number of nitrogens with one attached hydrogen (secondary N) is 1. The molecule has 0 aliphatic heterocycles. The van der Waals surface area contributed by atoms with Gasteiger partial charge in [-0.05, 0) is 49.9 Å². The zero-order chi connectivity index (χ0) is 17.5. The molecule has 0 fully saturated rings. The van der Waals surface area contributed by atoms with Gasteiger partial charge in [-0.15, -0.1) is 0 Å². The van der Waals surface area contributed by atoms with Gasteiger partial charge in [-0.2, -0.15) is 0 Å². The normalized spacial score (nSPS) is 13.2. The van der Waals surface area contributed by atoms with Crippen molar-refractivity contribution >= 4 is 5.91 Å². The molecule has 2 atom stereocenters. The third kappa shape index (κ3) is 4.85. The summed E-state index contributed by atoms with van der Waals surface area (Å²) in [6.45, 7) is 8.12. The van der Waals surface area contributed by atoms with E-state index >= 15 is 0 Å². The molecule has 0 aromatic heterocycles. The lowest BCUT2D eigenvalue weighted by atomic mass is 10.1. The first-order valence-corrected chi connectivity index (χ1v) is 8.66. The summed E-state index contributed by atoms with van der Waals surface area (Å²) in [5.41, 5.74) is 3.56. The minimum absolute atomic E-state index is 0.0433. The molecular weight excluding hydrogens is 298 g/mol. The van der Waals surface area contributed by atoms with Crippen molar-refractivity contribution in [2.75, 3.05) is 0 Å². The van der Waals surface area contributed by atoms with Crippen LogP contribution in [-0.4, -0.2) is 12.0 Å². The molecule has 0 heterocycles. The van der Waals surface area contributed by atoms with Crippen LogP contribution < -0.4 is 10.1 Å². The van der Waals surface area contributed by atoms with Gasteiger partial charge < -0.3 is 10.1 Å². The first-order chi connectivity index (χ1) is 11.5. The summed E-state index contributed by atoms with van der Waals surface area (Å²) in [4.78, 5) is 12.5. The number of amides is 1. The fraction of sp³-hybridized carbons (Fsp3) is 0.381. The molecule has 0 aliphatic carbocycles. The third-order valence-electron chi connectivity index (χ3n) is 4.21. The quantitative estimate of drug-likeness (QED) is 0.808. The molecular formula is C21H27NO2. The fourth-order valence-corrected chi connectivity index (χ4v) is 2.54. The van der Waals surface area contributed by atoms with E-state index in [4.69, 9.17) is 4.74 Å². The first kappa shape index (κ1) is 18.1. The number of ether oxygens (including phenoxy) is 1. The molecule has 2 aromatic carbocycles.